The number of aromatic nitrogens is 3. The van der Waals surface area contributed by atoms with Gasteiger partial charge in [0.15, 0.2) is 0 Å². The summed E-state index contributed by atoms with van der Waals surface area (Å²) in [5.74, 6) is -0.144. The fourth-order valence-electron chi connectivity index (χ4n) is 4.80. The zero-order valence-corrected chi connectivity index (χ0v) is 17.6. The zero-order chi connectivity index (χ0) is 22.7. The molecule has 0 spiro atoms. The first-order valence-corrected chi connectivity index (χ1v) is 10.4. The summed E-state index contributed by atoms with van der Waals surface area (Å²) < 4.78 is 33.5. The van der Waals surface area contributed by atoms with Crippen LogP contribution in [0.1, 0.15) is 61.3 Å². The molecule has 1 N–H and O–H groups in total. The van der Waals surface area contributed by atoms with E-state index in [2.05, 4.69) is 16.4 Å². The lowest BCUT2D eigenvalue weighted by molar-refractivity contribution is -0.0953. The van der Waals surface area contributed by atoms with Crippen LogP contribution in [0.4, 0.5) is 14.6 Å². The van der Waals surface area contributed by atoms with Crippen LogP contribution >= 0.6 is 0 Å². The number of nitriles is 1. The highest BCUT2D eigenvalue weighted by Crippen LogP contribution is 2.73. The Morgan fingerprint density at radius 2 is 2.00 bits per heavy atom. The van der Waals surface area contributed by atoms with E-state index >= 15 is 0 Å². The number of carbonyl (C=O) groups excluding carboxylic acids is 1. The molecule has 0 aliphatic heterocycles. The van der Waals surface area contributed by atoms with E-state index in [-0.39, 0.29) is 28.3 Å². The van der Waals surface area contributed by atoms with Crippen molar-refractivity contribution in [1.82, 2.24) is 14.4 Å². The maximum absolute atomic E-state index is 13.0. The van der Waals surface area contributed by atoms with Crippen molar-refractivity contribution in [3.8, 4) is 11.8 Å². The Labute approximate surface area is 183 Å². The van der Waals surface area contributed by atoms with Gasteiger partial charge in [-0.2, -0.15) is 5.26 Å². The number of imidazole rings is 1. The van der Waals surface area contributed by atoms with E-state index < -0.39 is 18.0 Å². The van der Waals surface area contributed by atoms with Crippen LogP contribution in [0, 0.1) is 16.7 Å². The standard InChI is InChI=1S/C23H21F2N5O2/c1-13(2)32-16-6-19-28-17(23-9-22(10-23,11-23)12-26)8-30(19)7-14(16)21(31)29-18-5-3-4-15(27-18)20(24)25/h3-8,13,20H,9-11H2,1-2H3,(H,27,29,31). The van der Waals surface area contributed by atoms with Crippen molar-refractivity contribution in [2.45, 2.75) is 51.1 Å². The van der Waals surface area contributed by atoms with Crippen molar-refractivity contribution in [3.05, 3.63) is 53.6 Å². The van der Waals surface area contributed by atoms with Crippen molar-refractivity contribution in [1.29, 1.82) is 5.26 Å². The van der Waals surface area contributed by atoms with Crippen LogP contribution in [-0.4, -0.2) is 26.4 Å². The van der Waals surface area contributed by atoms with Crippen LogP contribution in [0.3, 0.4) is 0 Å². The number of hydrogen-bond acceptors (Lipinski definition) is 5. The maximum atomic E-state index is 13.0. The summed E-state index contributed by atoms with van der Waals surface area (Å²) in [6.45, 7) is 3.69. The van der Waals surface area contributed by atoms with Crippen LogP contribution < -0.4 is 10.1 Å². The van der Waals surface area contributed by atoms with Gasteiger partial charge in [-0.15, -0.1) is 0 Å². The Hall–Kier alpha value is -3.54. The first kappa shape index (κ1) is 20.4. The van der Waals surface area contributed by atoms with Gasteiger partial charge in [-0.1, -0.05) is 6.07 Å². The quantitative estimate of drug-likeness (QED) is 0.606. The third-order valence-electron chi connectivity index (χ3n) is 6.21. The van der Waals surface area contributed by atoms with E-state index in [1.807, 2.05) is 20.0 Å². The van der Waals surface area contributed by atoms with E-state index in [1.165, 1.54) is 18.2 Å². The van der Waals surface area contributed by atoms with E-state index in [1.54, 1.807) is 16.7 Å². The summed E-state index contributed by atoms with van der Waals surface area (Å²) in [7, 11) is 0. The predicted octanol–water partition coefficient (Wildman–Crippen LogP) is 4.65. The van der Waals surface area contributed by atoms with Gasteiger partial charge in [0.05, 0.1) is 28.8 Å². The normalized spacial score (nSPS) is 23.5. The molecule has 3 saturated carbocycles. The predicted molar refractivity (Wildman–Crippen MR) is 112 cm³/mol. The smallest absolute Gasteiger partial charge is 0.280 e. The van der Waals surface area contributed by atoms with Crippen LogP contribution in [0.25, 0.3) is 5.65 Å². The Bertz CT molecular complexity index is 1260. The molecule has 3 aliphatic rings. The number of nitrogens with zero attached hydrogens (tertiary/aromatic N) is 4. The van der Waals surface area contributed by atoms with Gasteiger partial charge in [-0.3, -0.25) is 4.79 Å². The van der Waals surface area contributed by atoms with Crippen LogP contribution in [0.15, 0.2) is 36.7 Å². The molecule has 9 heteroatoms. The number of rotatable bonds is 6. The third kappa shape index (κ3) is 3.18. The largest absolute Gasteiger partial charge is 0.490 e. The Kier molecular flexibility index (Phi) is 4.45. The van der Waals surface area contributed by atoms with Gasteiger partial charge in [0, 0.05) is 23.9 Å². The highest BCUT2D eigenvalue weighted by atomic mass is 19.3. The van der Waals surface area contributed by atoms with E-state index in [0.717, 1.165) is 25.0 Å². The van der Waals surface area contributed by atoms with Gasteiger partial charge in [-0.25, -0.2) is 18.7 Å². The number of anilines is 1. The molecule has 6 rings (SSSR count). The molecule has 3 fully saturated rings. The van der Waals surface area contributed by atoms with Crippen molar-refractivity contribution < 1.29 is 18.3 Å². The number of amides is 1. The number of ether oxygens (including phenoxy) is 1. The second kappa shape index (κ2) is 6.99. The van der Waals surface area contributed by atoms with E-state index in [9.17, 15) is 18.8 Å². The SMILES string of the molecule is CC(C)Oc1cc2nc(C34CC(C#N)(C3)C4)cn2cc1C(=O)Nc1cccc(C(F)F)n1. The highest BCUT2D eigenvalue weighted by molar-refractivity contribution is 6.05. The molecule has 3 aromatic rings. The Balaban J connectivity index is 1.47. The second-order valence-electron chi connectivity index (χ2n) is 9.01. The molecule has 2 bridgehead atoms. The van der Waals surface area contributed by atoms with Gasteiger partial charge in [0.1, 0.15) is 22.9 Å². The summed E-state index contributed by atoms with van der Waals surface area (Å²) in [5, 5.41) is 11.9. The molecule has 32 heavy (non-hydrogen) atoms. The molecule has 164 valence electrons. The maximum Gasteiger partial charge on any atom is 0.280 e. The number of carbonyl (C=O) groups is 1. The topological polar surface area (TPSA) is 92.3 Å². The van der Waals surface area contributed by atoms with Gasteiger partial charge in [0.25, 0.3) is 12.3 Å². The van der Waals surface area contributed by atoms with Crippen LogP contribution in [0.5, 0.6) is 5.75 Å². The van der Waals surface area contributed by atoms with E-state index in [4.69, 9.17) is 9.72 Å². The molecule has 7 nitrogen and oxygen atoms in total. The molecule has 0 atom stereocenters. The zero-order valence-electron chi connectivity index (χ0n) is 17.6. The number of halogens is 2. The minimum atomic E-state index is -2.73. The number of hydrogen-bond donors (Lipinski definition) is 1. The lowest BCUT2D eigenvalue weighted by Gasteiger charge is -2.66. The van der Waals surface area contributed by atoms with Crippen molar-refractivity contribution in [2.75, 3.05) is 5.32 Å². The summed E-state index contributed by atoms with van der Waals surface area (Å²) in [6, 6.07) is 8.17. The molecule has 3 heterocycles. The first-order valence-electron chi connectivity index (χ1n) is 10.4. The van der Waals surface area contributed by atoms with Crippen LogP contribution in [0.2, 0.25) is 0 Å². The van der Waals surface area contributed by atoms with Crippen molar-refractivity contribution in [2.24, 2.45) is 5.41 Å². The van der Waals surface area contributed by atoms with Gasteiger partial charge in [0.2, 0.25) is 0 Å². The Morgan fingerprint density at radius 1 is 1.25 bits per heavy atom. The van der Waals surface area contributed by atoms with Gasteiger partial charge >= 0.3 is 0 Å². The molecule has 0 saturated heterocycles. The summed E-state index contributed by atoms with van der Waals surface area (Å²) in [4.78, 5) is 21.5. The minimum Gasteiger partial charge on any atom is -0.490 e. The number of fused-ring (bicyclic) bond motifs is 1. The fourth-order valence-corrected chi connectivity index (χ4v) is 4.80. The molecular weight excluding hydrogens is 416 g/mol. The Morgan fingerprint density at radius 3 is 2.66 bits per heavy atom. The molecule has 0 radical (unpaired) electrons. The summed E-state index contributed by atoms with van der Waals surface area (Å²) in [6.07, 6.45) is 3.04. The monoisotopic (exact) mass is 437 g/mol. The van der Waals surface area contributed by atoms with Crippen LogP contribution in [-0.2, 0) is 5.41 Å². The molecular formula is C23H21F2N5O2. The lowest BCUT2D eigenvalue weighted by atomic mass is 9.35. The van der Waals surface area contributed by atoms with Crippen molar-refractivity contribution >= 4 is 17.4 Å². The fraction of sp³-hybridized carbons (Fsp3) is 0.391. The van der Waals surface area contributed by atoms with E-state index in [0.29, 0.717) is 11.4 Å². The summed E-state index contributed by atoms with van der Waals surface area (Å²) >= 11 is 0. The number of nitrogens with one attached hydrogen (secondary N) is 1. The van der Waals surface area contributed by atoms with Gasteiger partial charge in [-0.05, 0) is 45.2 Å². The summed E-state index contributed by atoms with van der Waals surface area (Å²) in [5.41, 5.74) is 1.14. The van der Waals surface area contributed by atoms with Gasteiger partial charge < -0.3 is 14.5 Å². The number of pyridine rings is 2. The lowest BCUT2D eigenvalue weighted by Crippen LogP contribution is -2.63. The highest BCUT2D eigenvalue weighted by Gasteiger charge is 2.70. The van der Waals surface area contributed by atoms with Crippen molar-refractivity contribution in [3.63, 3.8) is 0 Å². The molecule has 3 aromatic heterocycles. The minimum absolute atomic E-state index is 0.0328. The number of alkyl halides is 2. The third-order valence-corrected chi connectivity index (χ3v) is 6.21. The molecule has 3 aliphatic carbocycles. The molecule has 1 amide bonds. The average Bonchev–Trinajstić information content (AvgIpc) is 3.08. The second-order valence-corrected chi connectivity index (χ2v) is 9.01. The first-order chi connectivity index (χ1) is 15.2. The average molecular weight is 437 g/mol. The molecule has 0 unspecified atom stereocenters. The molecule has 0 aromatic carbocycles.